The van der Waals surface area contributed by atoms with Crippen molar-refractivity contribution in [1.29, 1.82) is 0 Å². The van der Waals surface area contributed by atoms with Gasteiger partial charge in [-0.05, 0) is 60.7 Å². The minimum atomic E-state index is -0.653. The highest BCUT2D eigenvalue weighted by Gasteiger charge is 2.13. The highest BCUT2D eigenvalue weighted by molar-refractivity contribution is 6.36. The maximum absolute atomic E-state index is 12.2. The van der Waals surface area contributed by atoms with Gasteiger partial charge in [0.05, 0.1) is 15.6 Å². The van der Waals surface area contributed by atoms with Crippen LogP contribution in [0.1, 0.15) is 10.4 Å². The zero-order chi connectivity index (χ0) is 21.7. The minimum Gasteiger partial charge on any atom is -0.482 e. The van der Waals surface area contributed by atoms with Crippen LogP contribution < -0.4 is 14.2 Å². The zero-order valence-electron chi connectivity index (χ0n) is 15.0. The molecule has 0 aromatic heterocycles. The molecule has 0 heterocycles. The van der Waals surface area contributed by atoms with Crippen LogP contribution in [0.2, 0.25) is 20.1 Å². The Kier molecular flexibility index (Phi) is 7.45. The Hall–Kier alpha value is -2.44. The van der Waals surface area contributed by atoms with Crippen molar-refractivity contribution in [2.45, 2.75) is 0 Å². The molecule has 3 aromatic rings. The van der Waals surface area contributed by atoms with Gasteiger partial charge >= 0.3 is 11.9 Å². The molecule has 0 atom stereocenters. The minimum absolute atomic E-state index is 0.175. The largest absolute Gasteiger partial charge is 0.482 e. The molecule has 0 amide bonds. The van der Waals surface area contributed by atoms with Gasteiger partial charge in [-0.15, -0.1) is 0 Å². The molecule has 0 fully saturated rings. The number of hydrogen-bond donors (Lipinski definition) is 0. The van der Waals surface area contributed by atoms with Crippen LogP contribution in [0.5, 0.6) is 17.2 Å². The summed E-state index contributed by atoms with van der Waals surface area (Å²) >= 11 is 23.6. The van der Waals surface area contributed by atoms with Crippen LogP contribution in [0.25, 0.3) is 0 Å². The first-order chi connectivity index (χ1) is 14.3. The lowest BCUT2D eigenvalue weighted by molar-refractivity contribution is -0.136. The molecule has 30 heavy (non-hydrogen) atoms. The summed E-state index contributed by atoms with van der Waals surface area (Å²) in [5, 5.41) is 1.28. The van der Waals surface area contributed by atoms with E-state index in [0.717, 1.165) is 0 Å². The van der Waals surface area contributed by atoms with E-state index in [1.54, 1.807) is 12.1 Å². The summed E-state index contributed by atoms with van der Waals surface area (Å²) in [6.45, 7) is -0.358. The molecule has 0 unspecified atom stereocenters. The van der Waals surface area contributed by atoms with Gasteiger partial charge in [0.1, 0.15) is 17.2 Å². The second-order valence-electron chi connectivity index (χ2n) is 5.83. The van der Waals surface area contributed by atoms with E-state index in [9.17, 15) is 9.59 Å². The number of rotatable bonds is 6. The first-order valence-electron chi connectivity index (χ1n) is 8.37. The van der Waals surface area contributed by atoms with Crippen LogP contribution >= 0.6 is 46.4 Å². The molecular formula is C21H12Cl4O5. The fraction of sp³-hybridized carbons (Fsp3) is 0.0476. The molecule has 0 aliphatic heterocycles. The third-order valence-corrected chi connectivity index (χ3v) is 4.72. The fourth-order valence-electron chi connectivity index (χ4n) is 2.26. The van der Waals surface area contributed by atoms with Crippen molar-refractivity contribution >= 4 is 58.3 Å². The van der Waals surface area contributed by atoms with E-state index in [1.165, 1.54) is 48.5 Å². The predicted octanol–water partition coefficient (Wildman–Crippen LogP) is 6.50. The van der Waals surface area contributed by atoms with E-state index >= 15 is 0 Å². The Bertz CT molecular complexity index is 1080. The average molecular weight is 486 g/mol. The Morgan fingerprint density at radius 2 is 1.23 bits per heavy atom. The Balaban J connectivity index is 1.55. The predicted molar refractivity (Wildman–Crippen MR) is 115 cm³/mol. The monoisotopic (exact) mass is 484 g/mol. The smallest absolute Gasteiger partial charge is 0.349 e. The molecule has 0 spiro atoms. The van der Waals surface area contributed by atoms with Crippen molar-refractivity contribution in [3.05, 3.63) is 86.3 Å². The van der Waals surface area contributed by atoms with E-state index in [1.807, 2.05) is 0 Å². The number of hydrogen-bond acceptors (Lipinski definition) is 5. The van der Waals surface area contributed by atoms with Crippen LogP contribution in [0.3, 0.4) is 0 Å². The standard InChI is InChI=1S/C21H12Cl4O5/c22-13-3-7-18(16(24)9-13)29-20(26)11-28-15-5-1-12(2-6-15)21(27)30-19-8-4-14(23)10-17(19)25/h1-10H,11H2. The highest BCUT2D eigenvalue weighted by Crippen LogP contribution is 2.29. The molecule has 0 bridgehead atoms. The number of carbonyl (C=O) groups excluding carboxylic acids is 2. The van der Waals surface area contributed by atoms with E-state index in [-0.39, 0.29) is 33.7 Å². The van der Waals surface area contributed by atoms with Crippen molar-refractivity contribution < 1.29 is 23.8 Å². The van der Waals surface area contributed by atoms with Gasteiger partial charge < -0.3 is 14.2 Å². The lowest BCUT2D eigenvalue weighted by Crippen LogP contribution is -2.18. The second kappa shape index (κ2) is 10.0. The Morgan fingerprint density at radius 1 is 0.700 bits per heavy atom. The maximum atomic E-state index is 12.2. The van der Waals surface area contributed by atoms with E-state index in [2.05, 4.69) is 0 Å². The maximum Gasteiger partial charge on any atom is 0.349 e. The molecule has 0 saturated carbocycles. The van der Waals surface area contributed by atoms with Crippen LogP contribution in [-0.2, 0) is 4.79 Å². The van der Waals surface area contributed by atoms with Gasteiger partial charge in [-0.25, -0.2) is 9.59 Å². The van der Waals surface area contributed by atoms with Gasteiger partial charge in [0.2, 0.25) is 0 Å². The zero-order valence-corrected chi connectivity index (χ0v) is 18.1. The Labute approximate surface area is 192 Å². The van der Waals surface area contributed by atoms with Crippen LogP contribution in [0, 0.1) is 0 Å². The molecule has 9 heteroatoms. The van der Waals surface area contributed by atoms with Gasteiger partial charge in [0, 0.05) is 10.0 Å². The first kappa shape index (κ1) is 22.2. The number of benzene rings is 3. The Morgan fingerprint density at radius 3 is 1.77 bits per heavy atom. The lowest BCUT2D eigenvalue weighted by Gasteiger charge is -2.09. The van der Waals surface area contributed by atoms with Crippen molar-refractivity contribution in [3.63, 3.8) is 0 Å². The van der Waals surface area contributed by atoms with Crippen LogP contribution in [0.15, 0.2) is 60.7 Å². The summed E-state index contributed by atoms with van der Waals surface area (Å²) in [4.78, 5) is 24.2. The average Bonchev–Trinajstić information content (AvgIpc) is 2.71. The summed E-state index contributed by atoms with van der Waals surface area (Å²) in [7, 11) is 0. The molecule has 154 valence electrons. The second-order valence-corrected chi connectivity index (χ2v) is 7.51. The summed E-state index contributed by atoms with van der Waals surface area (Å²) in [5.41, 5.74) is 0.267. The summed E-state index contributed by atoms with van der Waals surface area (Å²) in [5.74, 6) is -0.540. The highest BCUT2D eigenvalue weighted by atomic mass is 35.5. The van der Waals surface area contributed by atoms with Crippen molar-refractivity contribution in [2.75, 3.05) is 6.61 Å². The SMILES string of the molecule is O=C(COc1ccc(C(=O)Oc2ccc(Cl)cc2Cl)cc1)Oc1ccc(Cl)cc1Cl. The summed E-state index contributed by atoms with van der Waals surface area (Å²) in [6.07, 6.45) is 0. The third-order valence-electron chi connectivity index (χ3n) is 3.66. The van der Waals surface area contributed by atoms with Gasteiger partial charge in [-0.2, -0.15) is 0 Å². The molecule has 0 aliphatic rings. The van der Waals surface area contributed by atoms with Crippen molar-refractivity contribution in [2.24, 2.45) is 0 Å². The number of halogens is 4. The normalized spacial score (nSPS) is 10.4. The third kappa shape index (κ3) is 6.03. The fourth-order valence-corrected chi connectivity index (χ4v) is 3.15. The van der Waals surface area contributed by atoms with E-state index in [4.69, 9.17) is 60.6 Å². The lowest BCUT2D eigenvalue weighted by atomic mass is 10.2. The number of carbonyl (C=O) groups is 2. The van der Waals surface area contributed by atoms with Gasteiger partial charge in [-0.3, -0.25) is 0 Å². The molecule has 0 aliphatic carbocycles. The molecular weight excluding hydrogens is 474 g/mol. The van der Waals surface area contributed by atoms with Crippen LogP contribution in [-0.4, -0.2) is 18.5 Å². The molecule has 0 saturated heterocycles. The number of esters is 2. The molecule has 5 nitrogen and oxygen atoms in total. The van der Waals surface area contributed by atoms with E-state index in [0.29, 0.717) is 15.8 Å². The number of ether oxygens (including phenoxy) is 3. The van der Waals surface area contributed by atoms with Gasteiger partial charge in [0.25, 0.3) is 0 Å². The quantitative estimate of drug-likeness (QED) is 0.294. The van der Waals surface area contributed by atoms with Crippen molar-refractivity contribution in [1.82, 2.24) is 0 Å². The summed E-state index contributed by atoms with van der Waals surface area (Å²) in [6, 6.07) is 15.0. The molecule has 3 rings (SSSR count). The van der Waals surface area contributed by atoms with Gasteiger partial charge in [-0.1, -0.05) is 46.4 Å². The first-order valence-corrected chi connectivity index (χ1v) is 9.89. The molecule has 3 aromatic carbocycles. The van der Waals surface area contributed by atoms with Crippen LogP contribution in [0.4, 0.5) is 0 Å². The molecule has 0 radical (unpaired) electrons. The van der Waals surface area contributed by atoms with E-state index < -0.39 is 11.9 Å². The van der Waals surface area contributed by atoms with Crippen molar-refractivity contribution in [3.8, 4) is 17.2 Å². The molecule has 0 N–H and O–H groups in total. The topological polar surface area (TPSA) is 61.8 Å². The van der Waals surface area contributed by atoms with Gasteiger partial charge in [0.15, 0.2) is 6.61 Å². The summed E-state index contributed by atoms with van der Waals surface area (Å²) < 4.78 is 15.7.